The van der Waals surface area contributed by atoms with E-state index in [0.717, 1.165) is 19.5 Å². The Kier molecular flexibility index (Phi) is 3.52. The monoisotopic (exact) mass is 198 g/mol. The molecule has 0 heterocycles. The smallest absolute Gasteiger partial charge is 0.215 e. The molecule has 0 saturated carbocycles. The Morgan fingerprint density at radius 2 is 2.14 bits per heavy atom. The summed E-state index contributed by atoms with van der Waals surface area (Å²) in [5, 5.41) is 12.5. The van der Waals surface area contributed by atoms with E-state index in [0.29, 0.717) is 11.4 Å². The number of hydrogen-bond acceptors (Lipinski definition) is 4. The summed E-state index contributed by atoms with van der Waals surface area (Å²) in [6, 6.07) is 0. The number of likely N-dealkylation sites (N-methyl/N-ethyl adjacent to an activating group) is 1. The lowest BCUT2D eigenvalue weighted by Gasteiger charge is -2.34. The van der Waals surface area contributed by atoms with Crippen LogP contribution in [-0.2, 0) is 4.79 Å². The lowest BCUT2D eigenvalue weighted by Crippen LogP contribution is -2.48. The summed E-state index contributed by atoms with van der Waals surface area (Å²) in [6.07, 6.45) is 0.0543. The molecule has 80 valence electrons. The van der Waals surface area contributed by atoms with E-state index in [1.165, 1.54) is 0 Å². The standard InChI is InChI=1S/C10H18N2O2/c1-4-6-11-7-8(12(3)5-2)10(14)9(7)13/h9,11,13H,4-6H2,1-3H3. The molecule has 0 aromatic rings. The number of aliphatic hydroxyl groups excluding tert-OH is 1. The normalized spacial score (nSPS) is 20.9. The Balaban J connectivity index is 2.74. The van der Waals surface area contributed by atoms with Gasteiger partial charge in [-0.05, 0) is 13.3 Å². The summed E-state index contributed by atoms with van der Waals surface area (Å²) < 4.78 is 0. The van der Waals surface area contributed by atoms with Crippen molar-refractivity contribution in [3.63, 3.8) is 0 Å². The topological polar surface area (TPSA) is 52.6 Å². The highest BCUT2D eigenvalue weighted by atomic mass is 16.3. The van der Waals surface area contributed by atoms with Crippen LogP contribution in [-0.4, -0.2) is 42.0 Å². The van der Waals surface area contributed by atoms with Gasteiger partial charge in [-0.25, -0.2) is 0 Å². The molecule has 0 radical (unpaired) electrons. The molecule has 2 N–H and O–H groups in total. The Labute approximate surface area is 84.6 Å². The fourth-order valence-electron chi connectivity index (χ4n) is 1.44. The van der Waals surface area contributed by atoms with Gasteiger partial charge in [0, 0.05) is 20.1 Å². The van der Waals surface area contributed by atoms with E-state index < -0.39 is 6.10 Å². The number of carbonyl (C=O) groups excluding carboxylic acids is 1. The number of hydrogen-bond donors (Lipinski definition) is 2. The summed E-state index contributed by atoms with van der Waals surface area (Å²) in [5.41, 5.74) is 1.31. The van der Waals surface area contributed by atoms with Crippen molar-refractivity contribution >= 4 is 5.78 Å². The zero-order valence-corrected chi connectivity index (χ0v) is 9.00. The molecule has 1 atom stereocenters. The number of rotatable bonds is 5. The van der Waals surface area contributed by atoms with Crippen molar-refractivity contribution in [3.8, 4) is 0 Å². The molecule has 0 saturated heterocycles. The first kappa shape index (κ1) is 11.0. The lowest BCUT2D eigenvalue weighted by molar-refractivity contribution is -0.126. The van der Waals surface area contributed by atoms with Crippen LogP contribution in [0.4, 0.5) is 0 Å². The zero-order chi connectivity index (χ0) is 10.7. The van der Waals surface area contributed by atoms with Crippen LogP contribution in [0.1, 0.15) is 20.3 Å². The first-order valence-electron chi connectivity index (χ1n) is 5.04. The molecule has 0 aromatic carbocycles. The summed E-state index contributed by atoms with van der Waals surface area (Å²) in [6.45, 7) is 5.58. The van der Waals surface area contributed by atoms with Crippen LogP contribution in [0.3, 0.4) is 0 Å². The Bertz CT molecular complexity index is 261. The average molecular weight is 198 g/mol. The van der Waals surface area contributed by atoms with E-state index in [1.54, 1.807) is 0 Å². The molecule has 1 aliphatic rings. The zero-order valence-electron chi connectivity index (χ0n) is 9.00. The molecular formula is C10H18N2O2. The van der Waals surface area contributed by atoms with E-state index in [9.17, 15) is 9.90 Å². The van der Waals surface area contributed by atoms with Crippen molar-refractivity contribution in [2.24, 2.45) is 0 Å². The second kappa shape index (κ2) is 4.46. The van der Waals surface area contributed by atoms with Crippen molar-refractivity contribution in [2.75, 3.05) is 20.1 Å². The quantitative estimate of drug-likeness (QED) is 0.657. The predicted octanol–water partition coefficient (Wildman–Crippen LogP) is 0.0929. The maximum Gasteiger partial charge on any atom is 0.215 e. The fraction of sp³-hybridized carbons (Fsp3) is 0.700. The molecule has 1 unspecified atom stereocenters. The van der Waals surface area contributed by atoms with E-state index >= 15 is 0 Å². The van der Waals surface area contributed by atoms with Crippen LogP contribution in [0.15, 0.2) is 11.4 Å². The van der Waals surface area contributed by atoms with Gasteiger partial charge in [-0.2, -0.15) is 0 Å². The maximum absolute atomic E-state index is 11.3. The second-order valence-corrected chi connectivity index (χ2v) is 3.47. The first-order valence-corrected chi connectivity index (χ1v) is 5.04. The summed E-state index contributed by atoms with van der Waals surface area (Å²) in [5.74, 6) is -0.173. The molecule has 0 fully saturated rings. The maximum atomic E-state index is 11.3. The second-order valence-electron chi connectivity index (χ2n) is 3.47. The minimum Gasteiger partial charge on any atom is -0.384 e. The van der Waals surface area contributed by atoms with Crippen LogP contribution in [0.5, 0.6) is 0 Å². The minimum atomic E-state index is -0.925. The van der Waals surface area contributed by atoms with Crippen molar-refractivity contribution in [3.05, 3.63) is 11.4 Å². The predicted molar refractivity (Wildman–Crippen MR) is 54.6 cm³/mol. The van der Waals surface area contributed by atoms with Gasteiger partial charge in [0.2, 0.25) is 5.78 Å². The Morgan fingerprint density at radius 3 is 2.64 bits per heavy atom. The van der Waals surface area contributed by atoms with Gasteiger partial charge in [0.1, 0.15) is 5.70 Å². The molecule has 1 rings (SSSR count). The van der Waals surface area contributed by atoms with E-state index in [2.05, 4.69) is 5.32 Å². The third kappa shape index (κ3) is 1.75. The molecule has 0 amide bonds. The molecule has 0 aromatic heterocycles. The molecular weight excluding hydrogens is 180 g/mol. The van der Waals surface area contributed by atoms with Crippen molar-refractivity contribution < 1.29 is 9.90 Å². The number of ketones is 1. The summed E-state index contributed by atoms with van der Waals surface area (Å²) in [7, 11) is 1.85. The fourth-order valence-corrected chi connectivity index (χ4v) is 1.44. The van der Waals surface area contributed by atoms with E-state index in [1.807, 2.05) is 25.8 Å². The van der Waals surface area contributed by atoms with Gasteiger partial charge in [0.15, 0.2) is 6.10 Å². The number of nitrogens with one attached hydrogen (secondary N) is 1. The summed E-state index contributed by atoms with van der Waals surface area (Å²) in [4.78, 5) is 13.2. The van der Waals surface area contributed by atoms with Gasteiger partial charge < -0.3 is 15.3 Å². The highest BCUT2D eigenvalue weighted by Crippen LogP contribution is 2.24. The number of nitrogens with zero attached hydrogens (tertiary/aromatic N) is 1. The van der Waals surface area contributed by atoms with Gasteiger partial charge in [-0.1, -0.05) is 6.92 Å². The van der Waals surface area contributed by atoms with E-state index in [-0.39, 0.29) is 5.78 Å². The molecule has 0 aliphatic heterocycles. The summed E-state index contributed by atoms with van der Waals surface area (Å²) >= 11 is 0. The van der Waals surface area contributed by atoms with Gasteiger partial charge in [0.05, 0.1) is 5.70 Å². The van der Waals surface area contributed by atoms with Gasteiger partial charge in [-0.3, -0.25) is 4.79 Å². The highest BCUT2D eigenvalue weighted by Gasteiger charge is 2.39. The van der Waals surface area contributed by atoms with Crippen LogP contribution in [0.2, 0.25) is 0 Å². The van der Waals surface area contributed by atoms with E-state index in [4.69, 9.17) is 0 Å². The third-order valence-corrected chi connectivity index (χ3v) is 2.43. The molecule has 1 aliphatic carbocycles. The Morgan fingerprint density at radius 1 is 1.50 bits per heavy atom. The SMILES string of the molecule is CCCNC1=C(N(C)CC)C(=O)C1O. The van der Waals surface area contributed by atoms with Crippen molar-refractivity contribution in [2.45, 2.75) is 26.4 Å². The minimum absolute atomic E-state index is 0.173. The third-order valence-electron chi connectivity index (χ3n) is 2.43. The first-order chi connectivity index (χ1) is 6.63. The molecule has 0 bridgehead atoms. The highest BCUT2D eigenvalue weighted by molar-refractivity contribution is 6.07. The lowest BCUT2D eigenvalue weighted by atomic mass is 9.94. The number of carbonyl (C=O) groups is 1. The van der Waals surface area contributed by atoms with Crippen molar-refractivity contribution in [1.82, 2.24) is 10.2 Å². The molecule has 0 spiro atoms. The largest absolute Gasteiger partial charge is 0.384 e. The molecule has 4 heteroatoms. The van der Waals surface area contributed by atoms with Crippen LogP contribution in [0, 0.1) is 0 Å². The number of aliphatic hydroxyl groups is 1. The Hall–Kier alpha value is -1.03. The van der Waals surface area contributed by atoms with Gasteiger partial charge in [0.25, 0.3) is 0 Å². The molecule has 4 nitrogen and oxygen atoms in total. The van der Waals surface area contributed by atoms with Crippen LogP contribution >= 0.6 is 0 Å². The number of Topliss-reactive ketones (excluding diaryl/α,β-unsaturated/α-hetero) is 1. The van der Waals surface area contributed by atoms with Gasteiger partial charge in [-0.15, -0.1) is 0 Å². The van der Waals surface area contributed by atoms with Gasteiger partial charge >= 0.3 is 0 Å². The average Bonchev–Trinajstić information content (AvgIpc) is 2.21. The van der Waals surface area contributed by atoms with Crippen LogP contribution < -0.4 is 5.32 Å². The van der Waals surface area contributed by atoms with Crippen molar-refractivity contribution in [1.29, 1.82) is 0 Å². The molecule has 14 heavy (non-hydrogen) atoms. The van der Waals surface area contributed by atoms with Crippen LogP contribution in [0.25, 0.3) is 0 Å².